The molecule has 4 nitrogen and oxygen atoms in total. The average Bonchev–Trinajstić information content (AvgIpc) is 2.63. The Hall–Kier alpha value is -2.62. The number of carbonyl (C=O) groups is 2. The van der Waals surface area contributed by atoms with E-state index in [0.717, 1.165) is 5.56 Å². The molecule has 1 aliphatic carbocycles. The highest BCUT2D eigenvalue weighted by Crippen LogP contribution is 2.28. The molecule has 1 saturated carbocycles. The van der Waals surface area contributed by atoms with Crippen LogP contribution in [0.15, 0.2) is 54.6 Å². The van der Waals surface area contributed by atoms with Crippen LogP contribution < -0.4 is 4.74 Å². The van der Waals surface area contributed by atoms with E-state index in [4.69, 9.17) is 9.47 Å². The number of esters is 2. The molecule has 1 fully saturated rings. The van der Waals surface area contributed by atoms with E-state index in [1.807, 2.05) is 37.3 Å². The van der Waals surface area contributed by atoms with Crippen LogP contribution in [-0.2, 0) is 9.53 Å². The molecule has 2 aromatic rings. The lowest BCUT2D eigenvalue weighted by Crippen LogP contribution is -2.30. The van der Waals surface area contributed by atoms with E-state index >= 15 is 0 Å². The minimum absolute atomic E-state index is 0.130. The van der Waals surface area contributed by atoms with Crippen LogP contribution in [-0.4, -0.2) is 18.0 Å². The molecule has 0 atom stereocenters. The molecule has 0 aromatic heterocycles. The summed E-state index contributed by atoms with van der Waals surface area (Å²) in [7, 11) is 0. The van der Waals surface area contributed by atoms with Gasteiger partial charge >= 0.3 is 11.9 Å². The van der Waals surface area contributed by atoms with Crippen molar-refractivity contribution in [2.45, 2.75) is 38.7 Å². The molecule has 0 amide bonds. The lowest BCUT2D eigenvalue weighted by molar-refractivity contribution is -0.140. The smallest absolute Gasteiger partial charge is 0.338 e. The number of aryl methyl sites for hydroxylation is 1. The summed E-state index contributed by atoms with van der Waals surface area (Å²) >= 11 is 0. The summed E-state index contributed by atoms with van der Waals surface area (Å²) in [6.45, 7) is 1.98. The minimum Gasteiger partial charge on any atom is -0.459 e. The minimum atomic E-state index is -0.296. The molecule has 0 radical (unpaired) electrons. The molecule has 25 heavy (non-hydrogen) atoms. The van der Waals surface area contributed by atoms with Gasteiger partial charge in [0, 0.05) is 0 Å². The van der Waals surface area contributed by atoms with Gasteiger partial charge in [0.05, 0.1) is 11.5 Å². The van der Waals surface area contributed by atoms with E-state index in [2.05, 4.69) is 0 Å². The van der Waals surface area contributed by atoms with Crippen molar-refractivity contribution in [3.63, 3.8) is 0 Å². The van der Waals surface area contributed by atoms with Crippen molar-refractivity contribution in [3.05, 3.63) is 65.7 Å². The van der Waals surface area contributed by atoms with Gasteiger partial charge in [-0.15, -0.1) is 0 Å². The van der Waals surface area contributed by atoms with E-state index in [-0.39, 0.29) is 24.0 Å². The number of para-hydroxylation sites is 1. The third-order valence-electron chi connectivity index (χ3n) is 4.53. The Morgan fingerprint density at radius 1 is 0.880 bits per heavy atom. The molecule has 1 aliphatic rings. The zero-order valence-electron chi connectivity index (χ0n) is 14.3. The van der Waals surface area contributed by atoms with Crippen LogP contribution in [0.3, 0.4) is 0 Å². The van der Waals surface area contributed by atoms with E-state index in [0.29, 0.717) is 37.0 Å². The first-order chi connectivity index (χ1) is 12.1. The number of hydrogen-bond donors (Lipinski definition) is 0. The number of rotatable bonds is 4. The highest BCUT2D eigenvalue weighted by molar-refractivity contribution is 5.89. The summed E-state index contributed by atoms with van der Waals surface area (Å²) in [6, 6.07) is 16.4. The normalized spacial score (nSPS) is 19.9. The Kier molecular flexibility index (Phi) is 5.49. The maximum atomic E-state index is 12.2. The van der Waals surface area contributed by atoms with Crippen molar-refractivity contribution in [1.29, 1.82) is 0 Å². The van der Waals surface area contributed by atoms with Gasteiger partial charge in [-0.1, -0.05) is 35.9 Å². The molecule has 0 heterocycles. The monoisotopic (exact) mass is 338 g/mol. The molecule has 0 spiro atoms. The van der Waals surface area contributed by atoms with Gasteiger partial charge in [0.25, 0.3) is 0 Å². The van der Waals surface area contributed by atoms with E-state index in [9.17, 15) is 9.59 Å². The Morgan fingerprint density at radius 2 is 1.52 bits per heavy atom. The predicted molar refractivity (Wildman–Crippen MR) is 94.4 cm³/mol. The zero-order chi connectivity index (χ0) is 17.6. The summed E-state index contributed by atoms with van der Waals surface area (Å²) in [6.07, 6.45) is 2.60. The Bertz CT molecular complexity index is 713. The second kappa shape index (κ2) is 7.97. The summed E-state index contributed by atoms with van der Waals surface area (Å²) in [5.74, 6) is -0.0558. The van der Waals surface area contributed by atoms with Gasteiger partial charge in [0.1, 0.15) is 11.9 Å². The summed E-state index contributed by atoms with van der Waals surface area (Å²) in [5.41, 5.74) is 1.67. The van der Waals surface area contributed by atoms with Gasteiger partial charge < -0.3 is 9.47 Å². The van der Waals surface area contributed by atoms with Gasteiger partial charge in [-0.25, -0.2) is 4.79 Å². The van der Waals surface area contributed by atoms with Crippen LogP contribution in [0.25, 0.3) is 0 Å². The highest BCUT2D eigenvalue weighted by atomic mass is 16.5. The molecule has 0 bridgehead atoms. The second-order valence-electron chi connectivity index (χ2n) is 6.48. The molecule has 130 valence electrons. The molecular weight excluding hydrogens is 316 g/mol. The average molecular weight is 338 g/mol. The van der Waals surface area contributed by atoms with Crippen molar-refractivity contribution in [3.8, 4) is 5.75 Å². The fourth-order valence-corrected chi connectivity index (χ4v) is 3.01. The zero-order valence-corrected chi connectivity index (χ0v) is 14.3. The Labute approximate surface area is 147 Å². The number of carbonyl (C=O) groups excluding carboxylic acids is 2. The van der Waals surface area contributed by atoms with Gasteiger partial charge in [0.15, 0.2) is 0 Å². The van der Waals surface area contributed by atoms with Crippen molar-refractivity contribution in [1.82, 2.24) is 0 Å². The second-order valence-corrected chi connectivity index (χ2v) is 6.48. The van der Waals surface area contributed by atoms with Crippen LogP contribution in [0.2, 0.25) is 0 Å². The number of hydrogen-bond acceptors (Lipinski definition) is 4. The van der Waals surface area contributed by atoms with E-state index in [1.165, 1.54) is 0 Å². The molecule has 2 aromatic carbocycles. The maximum Gasteiger partial charge on any atom is 0.338 e. The molecule has 0 aliphatic heterocycles. The molecular formula is C21H22O4. The molecule has 0 saturated heterocycles. The molecule has 0 N–H and O–H groups in total. The van der Waals surface area contributed by atoms with Crippen LogP contribution in [0.1, 0.15) is 41.6 Å². The number of ether oxygens (including phenoxy) is 2. The fourth-order valence-electron chi connectivity index (χ4n) is 3.01. The quantitative estimate of drug-likeness (QED) is 0.615. The van der Waals surface area contributed by atoms with Gasteiger partial charge in [-0.2, -0.15) is 0 Å². The standard InChI is InChI=1S/C21H22O4/c1-15-7-9-16(10-8-15)20(22)25-19-13-11-17(12-14-19)21(23)24-18-5-3-2-4-6-18/h2-10,17,19H,11-14H2,1H3. The third kappa shape index (κ3) is 4.69. The van der Waals surface area contributed by atoms with Crippen LogP contribution in [0.4, 0.5) is 0 Å². The Balaban J connectivity index is 1.47. The maximum absolute atomic E-state index is 12.2. The first kappa shape index (κ1) is 17.2. The molecule has 0 unspecified atom stereocenters. The van der Waals surface area contributed by atoms with Crippen LogP contribution in [0, 0.1) is 12.8 Å². The Morgan fingerprint density at radius 3 is 2.16 bits per heavy atom. The van der Waals surface area contributed by atoms with E-state index < -0.39 is 0 Å². The van der Waals surface area contributed by atoms with Crippen molar-refractivity contribution in [2.24, 2.45) is 5.92 Å². The lowest BCUT2D eigenvalue weighted by Gasteiger charge is -2.27. The third-order valence-corrected chi connectivity index (χ3v) is 4.53. The van der Waals surface area contributed by atoms with Crippen LogP contribution in [0.5, 0.6) is 5.75 Å². The van der Waals surface area contributed by atoms with E-state index in [1.54, 1.807) is 24.3 Å². The summed E-state index contributed by atoms with van der Waals surface area (Å²) in [4.78, 5) is 24.4. The van der Waals surface area contributed by atoms with Crippen molar-refractivity contribution >= 4 is 11.9 Å². The molecule has 4 heteroatoms. The predicted octanol–water partition coefficient (Wildman–Crippen LogP) is 4.32. The fraction of sp³-hybridized carbons (Fsp3) is 0.333. The van der Waals surface area contributed by atoms with Crippen molar-refractivity contribution < 1.29 is 19.1 Å². The molecule has 3 rings (SSSR count). The summed E-state index contributed by atoms with van der Waals surface area (Å²) in [5, 5.41) is 0. The SMILES string of the molecule is Cc1ccc(C(=O)OC2CCC(C(=O)Oc3ccccc3)CC2)cc1. The van der Waals surface area contributed by atoms with Gasteiger partial charge in [0.2, 0.25) is 0 Å². The number of benzene rings is 2. The lowest BCUT2D eigenvalue weighted by atomic mass is 9.87. The largest absolute Gasteiger partial charge is 0.459 e. The topological polar surface area (TPSA) is 52.6 Å². The summed E-state index contributed by atoms with van der Waals surface area (Å²) < 4.78 is 11.0. The van der Waals surface area contributed by atoms with Gasteiger partial charge in [-0.05, 0) is 56.9 Å². The van der Waals surface area contributed by atoms with Crippen LogP contribution >= 0.6 is 0 Å². The van der Waals surface area contributed by atoms with Crippen molar-refractivity contribution in [2.75, 3.05) is 0 Å². The first-order valence-electron chi connectivity index (χ1n) is 8.66. The highest BCUT2D eigenvalue weighted by Gasteiger charge is 2.29. The first-order valence-corrected chi connectivity index (χ1v) is 8.66. The van der Waals surface area contributed by atoms with Gasteiger partial charge in [-0.3, -0.25) is 4.79 Å².